The van der Waals surface area contributed by atoms with Crippen molar-refractivity contribution in [2.45, 2.75) is 65.3 Å². The largest absolute Gasteiger partial charge is 0.358 e. The fourth-order valence-electron chi connectivity index (χ4n) is 2.25. The number of hydrogen-bond donors (Lipinski definition) is 1. The third-order valence-corrected chi connectivity index (χ3v) is 4.29. The maximum atomic E-state index is 4.54. The SMILES string of the molecule is CC(C)c1nsc(NC2CCC(C)(C)CC2)n1. The van der Waals surface area contributed by atoms with Gasteiger partial charge in [-0.15, -0.1) is 0 Å². The van der Waals surface area contributed by atoms with Crippen LogP contribution in [0.25, 0.3) is 0 Å². The Bertz CT molecular complexity index is 360. The molecular formula is C13H23N3S. The van der Waals surface area contributed by atoms with Crippen molar-refractivity contribution in [3.05, 3.63) is 5.82 Å². The lowest BCUT2D eigenvalue weighted by molar-refractivity contribution is 0.232. The molecule has 3 nitrogen and oxygen atoms in total. The molecule has 0 bridgehead atoms. The summed E-state index contributed by atoms with van der Waals surface area (Å²) in [6.45, 7) is 9.00. The summed E-state index contributed by atoms with van der Waals surface area (Å²) in [6.07, 6.45) is 5.12. The van der Waals surface area contributed by atoms with E-state index in [9.17, 15) is 0 Å². The van der Waals surface area contributed by atoms with Crippen molar-refractivity contribution in [3.63, 3.8) is 0 Å². The summed E-state index contributed by atoms with van der Waals surface area (Å²) in [5.41, 5.74) is 0.530. The fourth-order valence-corrected chi connectivity index (χ4v) is 3.03. The van der Waals surface area contributed by atoms with Gasteiger partial charge in [0.1, 0.15) is 5.82 Å². The molecule has 1 N–H and O–H groups in total. The quantitative estimate of drug-likeness (QED) is 0.883. The van der Waals surface area contributed by atoms with Crippen LogP contribution < -0.4 is 5.32 Å². The third-order valence-electron chi connectivity index (χ3n) is 3.62. The highest BCUT2D eigenvalue weighted by molar-refractivity contribution is 7.09. The highest BCUT2D eigenvalue weighted by Crippen LogP contribution is 2.36. The van der Waals surface area contributed by atoms with E-state index in [-0.39, 0.29) is 0 Å². The lowest BCUT2D eigenvalue weighted by Crippen LogP contribution is -2.29. The van der Waals surface area contributed by atoms with Crippen LogP contribution in [0.4, 0.5) is 5.13 Å². The molecule has 0 radical (unpaired) electrons. The smallest absolute Gasteiger partial charge is 0.202 e. The first-order valence-electron chi connectivity index (χ1n) is 6.56. The van der Waals surface area contributed by atoms with E-state index in [0.29, 0.717) is 17.4 Å². The molecule has 0 saturated heterocycles. The Kier molecular flexibility index (Phi) is 3.71. The molecule has 1 aromatic rings. The molecule has 17 heavy (non-hydrogen) atoms. The maximum absolute atomic E-state index is 4.54. The fraction of sp³-hybridized carbons (Fsp3) is 0.846. The second-order valence-corrected chi connectivity index (χ2v) is 6.95. The second kappa shape index (κ2) is 4.92. The van der Waals surface area contributed by atoms with Gasteiger partial charge in [-0.25, -0.2) is 4.98 Å². The molecule has 2 rings (SSSR count). The van der Waals surface area contributed by atoms with Gasteiger partial charge in [0, 0.05) is 23.5 Å². The number of anilines is 1. The predicted molar refractivity (Wildman–Crippen MR) is 73.7 cm³/mol. The average Bonchev–Trinajstić information content (AvgIpc) is 2.70. The van der Waals surface area contributed by atoms with Gasteiger partial charge in [-0.05, 0) is 31.1 Å². The van der Waals surface area contributed by atoms with Crippen molar-refractivity contribution in [1.29, 1.82) is 0 Å². The Hall–Kier alpha value is -0.640. The molecule has 0 amide bonds. The van der Waals surface area contributed by atoms with E-state index in [2.05, 4.69) is 42.4 Å². The van der Waals surface area contributed by atoms with Crippen LogP contribution in [0, 0.1) is 5.41 Å². The molecule has 0 unspecified atom stereocenters. The van der Waals surface area contributed by atoms with Crippen LogP contribution >= 0.6 is 11.5 Å². The summed E-state index contributed by atoms with van der Waals surface area (Å²) in [5, 5.41) is 4.54. The van der Waals surface area contributed by atoms with Crippen molar-refractivity contribution < 1.29 is 0 Å². The maximum Gasteiger partial charge on any atom is 0.202 e. The molecule has 1 saturated carbocycles. The number of aromatic nitrogens is 2. The first kappa shape index (κ1) is 12.8. The summed E-state index contributed by atoms with van der Waals surface area (Å²) >= 11 is 1.50. The van der Waals surface area contributed by atoms with Crippen LogP contribution in [-0.4, -0.2) is 15.4 Å². The van der Waals surface area contributed by atoms with Crippen LogP contribution in [0.5, 0.6) is 0 Å². The third kappa shape index (κ3) is 3.41. The Labute approximate surface area is 108 Å². The monoisotopic (exact) mass is 253 g/mol. The van der Waals surface area contributed by atoms with Crippen LogP contribution in [0.15, 0.2) is 0 Å². The van der Waals surface area contributed by atoms with Gasteiger partial charge in [0.25, 0.3) is 0 Å². The lowest BCUT2D eigenvalue weighted by Gasteiger charge is -2.34. The Balaban J connectivity index is 1.89. The Morgan fingerprint density at radius 3 is 2.47 bits per heavy atom. The molecule has 1 fully saturated rings. The summed E-state index contributed by atoms with van der Waals surface area (Å²) in [4.78, 5) is 4.54. The number of rotatable bonds is 3. The molecule has 1 heterocycles. The zero-order chi connectivity index (χ0) is 12.5. The van der Waals surface area contributed by atoms with Gasteiger partial charge in [-0.1, -0.05) is 27.7 Å². The summed E-state index contributed by atoms with van der Waals surface area (Å²) in [5.74, 6) is 1.39. The van der Waals surface area contributed by atoms with Gasteiger partial charge in [0.15, 0.2) is 0 Å². The van der Waals surface area contributed by atoms with Crippen LogP contribution in [0.1, 0.15) is 65.1 Å². The first-order chi connectivity index (χ1) is 7.96. The van der Waals surface area contributed by atoms with Gasteiger partial charge in [-0.3, -0.25) is 0 Å². The summed E-state index contributed by atoms with van der Waals surface area (Å²) < 4.78 is 4.38. The van der Waals surface area contributed by atoms with E-state index in [1.54, 1.807) is 0 Å². The molecule has 0 atom stereocenters. The molecular weight excluding hydrogens is 230 g/mol. The van der Waals surface area contributed by atoms with E-state index in [0.717, 1.165) is 11.0 Å². The lowest BCUT2D eigenvalue weighted by atomic mass is 9.76. The Morgan fingerprint density at radius 1 is 1.29 bits per heavy atom. The van der Waals surface area contributed by atoms with Crippen LogP contribution in [0.3, 0.4) is 0 Å². The van der Waals surface area contributed by atoms with E-state index in [1.165, 1.54) is 37.2 Å². The van der Waals surface area contributed by atoms with Gasteiger partial charge < -0.3 is 5.32 Å². The molecule has 0 aromatic carbocycles. The van der Waals surface area contributed by atoms with Crippen LogP contribution in [0.2, 0.25) is 0 Å². The molecule has 0 spiro atoms. The normalized spacial score (nSPS) is 20.8. The summed E-state index contributed by atoms with van der Waals surface area (Å²) in [6, 6.07) is 0.594. The molecule has 0 aliphatic heterocycles. The standard InChI is InChI=1S/C13H23N3S/c1-9(2)11-15-12(17-16-11)14-10-5-7-13(3,4)8-6-10/h9-10H,5-8H2,1-4H3,(H,14,15,16). The number of nitrogens with one attached hydrogen (secondary N) is 1. The van der Waals surface area contributed by atoms with E-state index in [4.69, 9.17) is 0 Å². The minimum absolute atomic E-state index is 0.423. The van der Waals surface area contributed by atoms with Crippen molar-refractivity contribution in [2.24, 2.45) is 5.41 Å². The van der Waals surface area contributed by atoms with Gasteiger partial charge in [-0.2, -0.15) is 4.37 Å². The minimum Gasteiger partial charge on any atom is -0.358 e. The average molecular weight is 253 g/mol. The van der Waals surface area contributed by atoms with Crippen molar-refractivity contribution in [1.82, 2.24) is 9.36 Å². The topological polar surface area (TPSA) is 37.8 Å². The van der Waals surface area contributed by atoms with E-state index in [1.807, 2.05) is 0 Å². The van der Waals surface area contributed by atoms with Crippen molar-refractivity contribution in [2.75, 3.05) is 5.32 Å². The first-order valence-corrected chi connectivity index (χ1v) is 7.34. The van der Waals surface area contributed by atoms with Gasteiger partial charge in [0.2, 0.25) is 5.13 Å². The number of nitrogens with zero attached hydrogens (tertiary/aromatic N) is 2. The zero-order valence-electron chi connectivity index (χ0n) is 11.3. The van der Waals surface area contributed by atoms with E-state index >= 15 is 0 Å². The van der Waals surface area contributed by atoms with Crippen molar-refractivity contribution >= 4 is 16.7 Å². The predicted octanol–water partition coefficient (Wildman–Crippen LogP) is 4.04. The van der Waals surface area contributed by atoms with Crippen molar-refractivity contribution in [3.8, 4) is 0 Å². The molecule has 1 aliphatic carbocycles. The molecule has 1 aliphatic rings. The molecule has 96 valence electrons. The second-order valence-electron chi connectivity index (χ2n) is 6.20. The Morgan fingerprint density at radius 2 is 1.94 bits per heavy atom. The highest BCUT2D eigenvalue weighted by Gasteiger charge is 2.27. The summed E-state index contributed by atoms with van der Waals surface area (Å²) in [7, 11) is 0. The van der Waals surface area contributed by atoms with Gasteiger partial charge >= 0.3 is 0 Å². The molecule has 4 heteroatoms. The van der Waals surface area contributed by atoms with Gasteiger partial charge in [0.05, 0.1) is 0 Å². The van der Waals surface area contributed by atoms with E-state index < -0.39 is 0 Å². The number of hydrogen-bond acceptors (Lipinski definition) is 4. The van der Waals surface area contributed by atoms with Crippen LogP contribution in [-0.2, 0) is 0 Å². The molecule has 1 aromatic heterocycles. The minimum atomic E-state index is 0.423. The highest BCUT2D eigenvalue weighted by atomic mass is 32.1. The zero-order valence-corrected chi connectivity index (χ0v) is 12.1.